The predicted octanol–water partition coefficient (Wildman–Crippen LogP) is 1.43. The molecule has 0 radical (unpaired) electrons. The molecule has 1 rings (SSSR count). The van der Waals surface area contributed by atoms with Gasteiger partial charge in [0.15, 0.2) is 0 Å². The van der Waals surface area contributed by atoms with Crippen LogP contribution in [0.25, 0.3) is 0 Å². The van der Waals surface area contributed by atoms with E-state index in [0.29, 0.717) is 0 Å². The van der Waals surface area contributed by atoms with Crippen LogP contribution in [0.5, 0.6) is 0 Å². The number of hydrogen-bond acceptors (Lipinski definition) is 2. The van der Waals surface area contributed by atoms with Crippen molar-refractivity contribution in [3.8, 4) is 0 Å². The molecule has 1 atom stereocenters. The lowest BCUT2D eigenvalue weighted by Crippen LogP contribution is -2.51. The molecule has 0 aromatic rings. The Hall–Kier alpha value is -0.570. The molecule has 1 saturated heterocycles. The molecule has 0 unspecified atom stereocenters. The molecule has 82 valence electrons. The fourth-order valence-electron chi connectivity index (χ4n) is 1.72. The van der Waals surface area contributed by atoms with Gasteiger partial charge in [-0.25, -0.2) is 0 Å². The molecule has 1 heterocycles. The van der Waals surface area contributed by atoms with Crippen LogP contribution < -0.4 is 10.6 Å². The van der Waals surface area contributed by atoms with Gasteiger partial charge in [0, 0.05) is 5.54 Å². The molecule has 1 amide bonds. The third-order valence-corrected chi connectivity index (χ3v) is 3.36. The van der Waals surface area contributed by atoms with E-state index >= 15 is 0 Å². The van der Waals surface area contributed by atoms with E-state index in [2.05, 4.69) is 31.4 Å². The summed E-state index contributed by atoms with van der Waals surface area (Å²) in [6, 6.07) is 0.0485. The van der Waals surface area contributed by atoms with Crippen molar-refractivity contribution in [2.45, 2.75) is 58.0 Å². The first-order valence-electron chi connectivity index (χ1n) is 5.66. The molecule has 3 nitrogen and oxygen atoms in total. The van der Waals surface area contributed by atoms with Gasteiger partial charge in [-0.1, -0.05) is 13.8 Å². The SMILES string of the molecule is CCC(C)(CC)NC(=O)[C@H]1CCCN1. The van der Waals surface area contributed by atoms with E-state index in [1.165, 1.54) is 0 Å². The topological polar surface area (TPSA) is 41.1 Å². The fourth-order valence-corrected chi connectivity index (χ4v) is 1.72. The molecule has 0 aromatic carbocycles. The molecular formula is C11H22N2O. The summed E-state index contributed by atoms with van der Waals surface area (Å²) in [5.74, 6) is 0.175. The minimum absolute atomic E-state index is 0.0264. The summed E-state index contributed by atoms with van der Waals surface area (Å²) in [4.78, 5) is 11.8. The van der Waals surface area contributed by atoms with E-state index in [1.54, 1.807) is 0 Å². The second-order valence-corrected chi connectivity index (χ2v) is 4.41. The lowest BCUT2D eigenvalue weighted by atomic mass is 9.95. The molecule has 14 heavy (non-hydrogen) atoms. The van der Waals surface area contributed by atoms with Crippen LogP contribution in [0.2, 0.25) is 0 Å². The van der Waals surface area contributed by atoms with E-state index < -0.39 is 0 Å². The Morgan fingerprint density at radius 2 is 2.14 bits per heavy atom. The van der Waals surface area contributed by atoms with Gasteiger partial charge in [-0.05, 0) is 39.2 Å². The average Bonchev–Trinajstić information content (AvgIpc) is 2.70. The lowest BCUT2D eigenvalue weighted by molar-refractivity contribution is -0.124. The second-order valence-electron chi connectivity index (χ2n) is 4.41. The maximum absolute atomic E-state index is 11.8. The fraction of sp³-hybridized carbons (Fsp3) is 0.909. The number of hydrogen-bond donors (Lipinski definition) is 2. The Bertz CT molecular complexity index is 193. The van der Waals surface area contributed by atoms with Gasteiger partial charge in [-0.3, -0.25) is 4.79 Å². The predicted molar refractivity (Wildman–Crippen MR) is 58.2 cm³/mol. The minimum Gasteiger partial charge on any atom is -0.350 e. The maximum atomic E-state index is 11.8. The Morgan fingerprint density at radius 1 is 1.50 bits per heavy atom. The molecule has 0 aliphatic carbocycles. The van der Waals surface area contributed by atoms with Gasteiger partial charge in [-0.2, -0.15) is 0 Å². The standard InChI is InChI=1S/C11H22N2O/c1-4-11(3,5-2)13-10(14)9-7-6-8-12-9/h9,12H,4-8H2,1-3H3,(H,13,14)/t9-/m1/s1. The summed E-state index contributed by atoms with van der Waals surface area (Å²) in [5.41, 5.74) is -0.0264. The van der Waals surface area contributed by atoms with Gasteiger partial charge >= 0.3 is 0 Å². The Kier molecular flexibility index (Phi) is 3.93. The van der Waals surface area contributed by atoms with Crippen molar-refractivity contribution in [1.29, 1.82) is 0 Å². The largest absolute Gasteiger partial charge is 0.350 e. The highest BCUT2D eigenvalue weighted by molar-refractivity contribution is 5.82. The molecule has 1 aliphatic heterocycles. The third-order valence-electron chi connectivity index (χ3n) is 3.36. The first-order chi connectivity index (χ1) is 6.61. The number of nitrogens with one attached hydrogen (secondary N) is 2. The Morgan fingerprint density at radius 3 is 2.57 bits per heavy atom. The van der Waals surface area contributed by atoms with Crippen molar-refractivity contribution < 1.29 is 4.79 Å². The Labute approximate surface area is 86.6 Å². The maximum Gasteiger partial charge on any atom is 0.237 e. The number of carbonyl (C=O) groups excluding carboxylic acids is 1. The Balaban J connectivity index is 2.45. The summed E-state index contributed by atoms with van der Waals surface area (Å²) in [6.07, 6.45) is 4.08. The first-order valence-corrected chi connectivity index (χ1v) is 5.66. The van der Waals surface area contributed by atoms with E-state index in [-0.39, 0.29) is 17.5 Å². The van der Waals surface area contributed by atoms with Crippen molar-refractivity contribution in [3.05, 3.63) is 0 Å². The van der Waals surface area contributed by atoms with E-state index in [0.717, 1.165) is 32.2 Å². The second kappa shape index (κ2) is 4.78. The monoisotopic (exact) mass is 198 g/mol. The molecule has 0 saturated carbocycles. The zero-order valence-electron chi connectivity index (χ0n) is 9.52. The summed E-state index contributed by atoms with van der Waals surface area (Å²) >= 11 is 0. The average molecular weight is 198 g/mol. The lowest BCUT2D eigenvalue weighted by Gasteiger charge is -2.29. The van der Waals surface area contributed by atoms with Crippen LogP contribution in [0.4, 0.5) is 0 Å². The van der Waals surface area contributed by atoms with Gasteiger partial charge in [-0.15, -0.1) is 0 Å². The summed E-state index contributed by atoms with van der Waals surface area (Å²) in [6.45, 7) is 7.32. The molecule has 0 spiro atoms. The summed E-state index contributed by atoms with van der Waals surface area (Å²) in [5, 5.41) is 6.35. The van der Waals surface area contributed by atoms with Gasteiger partial charge in [0.05, 0.1) is 6.04 Å². The summed E-state index contributed by atoms with van der Waals surface area (Å²) < 4.78 is 0. The zero-order chi connectivity index (χ0) is 10.6. The molecular weight excluding hydrogens is 176 g/mol. The number of carbonyl (C=O) groups is 1. The molecule has 1 aliphatic rings. The van der Waals surface area contributed by atoms with Gasteiger partial charge < -0.3 is 10.6 Å². The van der Waals surface area contributed by atoms with Crippen LogP contribution in [0.3, 0.4) is 0 Å². The van der Waals surface area contributed by atoms with Crippen molar-refractivity contribution in [2.24, 2.45) is 0 Å². The van der Waals surface area contributed by atoms with Crippen molar-refractivity contribution >= 4 is 5.91 Å². The van der Waals surface area contributed by atoms with E-state index in [1.807, 2.05) is 0 Å². The van der Waals surface area contributed by atoms with Crippen LogP contribution in [0.1, 0.15) is 46.5 Å². The number of rotatable bonds is 4. The molecule has 3 heteroatoms. The van der Waals surface area contributed by atoms with Crippen LogP contribution in [0, 0.1) is 0 Å². The smallest absolute Gasteiger partial charge is 0.237 e. The highest BCUT2D eigenvalue weighted by atomic mass is 16.2. The minimum atomic E-state index is -0.0264. The molecule has 1 fully saturated rings. The summed E-state index contributed by atoms with van der Waals surface area (Å²) in [7, 11) is 0. The van der Waals surface area contributed by atoms with E-state index in [9.17, 15) is 4.79 Å². The highest BCUT2D eigenvalue weighted by Crippen LogP contribution is 2.15. The van der Waals surface area contributed by atoms with E-state index in [4.69, 9.17) is 0 Å². The van der Waals surface area contributed by atoms with Crippen molar-refractivity contribution in [2.75, 3.05) is 6.54 Å². The van der Waals surface area contributed by atoms with Crippen molar-refractivity contribution in [1.82, 2.24) is 10.6 Å². The third kappa shape index (κ3) is 2.71. The highest BCUT2D eigenvalue weighted by Gasteiger charge is 2.28. The van der Waals surface area contributed by atoms with Crippen LogP contribution >= 0.6 is 0 Å². The molecule has 2 N–H and O–H groups in total. The molecule has 0 bridgehead atoms. The number of amides is 1. The van der Waals surface area contributed by atoms with Crippen LogP contribution in [0.15, 0.2) is 0 Å². The zero-order valence-corrected chi connectivity index (χ0v) is 9.52. The van der Waals surface area contributed by atoms with Crippen molar-refractivity contribution in [3.63, 3.8) is 0 Å². The van der Waals surface area contributed by atoms with Gasteiger partial charge in [0.2, 0.25) is 5.91 Å². The van der Waals surface area contributed by atoms with Gasteiger partial charge in [0.25, 0.3) is 0 Å². The quantitative estimate of drug-likeness (QED) is 0.717. The van der Waals surface area contributed by atoms with Crippen LogP contribution in [-0.4, -0.2) is 24.0 Å². The molecule has 0 aromatic heterocycles. The normalized spacial score (nSPS) is 22.4. The first kappa shape index (κ1) is 11.5. The van der Waals surface area contributed by atoms with Crippen LogP contribution in [-0.2, 0) is 4.79 Å². The van der Waals surface area contributed by atoms with Gasteiger partial charge in [0.1, 0.15) is 0 Å².